The van der Waals surface area contributed by atoms with Crippen LogP contribution in [0, 0.1) is 0 Å². The number of rotatable bonds is 3. The lowest BCUT2D eigenvalue weighted by Crippen LogP contribution is -2.47. The van der Waals surface area contributed by atoms with E-state index in [0.717, 1.165) is 43.1 Å². The van der Waals surface area contributed by atoms with Crippen LogP contribution < -0.4 is 10.6 Å². The molecule has 6 nitrogen and oxygen atoms in total. The predicted molar refractivity (Wildman–Crippen MR) is 86.0 cm³/mol. The minimum Gasteiger partial charge on any atom is -0.326 e. The van der Waals surface area contributed by atoms with E-state index in [1.165, 1.54) is 0 Å². The molecule has 1 aromatic rings. The molecule has 22 heavy (non-hydrogen) atoms. The van der Waals surface area contributed by atoms with Gasteiger partial charge in [-0.25, -0.2) is 0 Å². The molecule has 1 saturated heterocycles. The van der Waals surface area contributed by atoms with Crippen LogP contribution in [-0.2, 0) is 16.0 Å². The minimum absolute atomic E-state index is 0.00912. The Balaban J connectivity index is 1.62. The largest absolute Gasteiger partial charge is 0.326 e. The van der Waals surface area contributed by atoms with Gasteiger partial charge in [0.2, 0.25) is 11.8 Å². The molecule has 0 unspecified atom stereocenters. The van der Waals surface area contributed by atoms with Gasteiger partial charge in [-0.15, -0.1) is 0 Å². The first-order valence-corrected chi connectivity index (χ1v) is 7.74. The first-order chi connectivity index (χ1) is 10.6. The van der Waals surface area contributed by atoms with Gasteiger partial charge in [0.1, 0.15) is 0 Å². The fourth-order valence-corrected chi connectivity index (χ4v) is 2.94. The highest BCUT2D eigenvalue weighted by atomic mass is 16.2. The molecule has 6 heteroatoms. The fraction of sp³-hybridized carbons (Fsp3) is 0.500. The highest BCUT2D eigenvalue weighted by Crippen LogP contribution is 2.29. The summed E-state index contributed by atoms with van der Waals surface area (Å²) >= 11 is 0. The van der Waals surface area contributed by atoms with Crippen molar-refractivity contribution in [3.8, 4) is 0 Å². The third-order valence-corrected chi connectivity index (χ3v) is 4.29. The van der Waals surface area contributed by atoms with E-state index in [0.29, 0.717) is 19.4 Å². The maximum Gasteiger partial charge on any atom is 0.238 e. The third-order valence-electron chi connectivity index (χ3n) is 4.29. The summed E-state index contributed by atoms with van der Waals surface area (Å²) in [5.41, 5.74) is 2.65. The third kappa shape index (κ3) is 3.45. The number of carbonyl (C=O) groups is 2. The number of anilines is 2. The predicted octanol–water partition coefficient (Wildman–Crippen LogP) is 0.757. The first kappa shape index (κ1) is 15.0. The highest BCUT2D eigenvalue weighted by Gasteiger charge is 2.20. The van der Waals surface area contributed by atoms with Gasteiger partial charge < -0.3 is 15.5 Å². The van der Waals surface area contributed by atoms with Crippen molar-refractivity contribution in [3.05, 3.63) is 23.8 Å². The quantitative estimate of drug-likeness (QED) is 0.865. The molecule has 3 rings (SSSR count). The Morgan fingerprint density at radius 3 is 2.77 bits per heavy atom. The van der Waals surface area contributed by atoms with Crippen LogP contribution in [0.5, 0.6) is 0 Å². The molecule has 118 valence electrons. The van der Waals surface area contributed by atoms with Crippen molar-refractivity contribution in [2.75, 3.05) is 50.4 Å². The average Bonchev–Trinajstić information content (AvgIpc) is 2.49. The lowest BCUT2D eigenvalue weighted by Gasteiger charge is -2.31. The monoisotopic (exact) mass is 302 g/mol. The molecule has 0 spiro atoms. The zero-order valence-corrected chi connectivity index (χ0v) is 12.9. The van der Waals surface area contributed by atoms with Gasteiger partial charge in [-0.05, 0) is 31.2 Å². The van der Waals surface area contributed by atoms with Crippen molar-refractivity contribution >= 4 is 23.2 Å². The van der Waals surface area contributed by atoms with E-state index < -0.39 is 0 Å². The normalized spacial score (nSPS) is 19.4. The summed E-state index contributed by atoms with van der Waals surface area (Å²) in [4.78, 5) is 28.1. The second-order valence-electron chi connectivity index (χ2n) is 6.01. The standard InChI is InChI=1S/C16H22N4O2/c1-19-7-9-20(10-8-19)11-16(22)18-14-4-2-3-13-12(14)5-6-15(21)17-13/h2-4H,5-11H2,1H3,(H,17,21)(H,18,22). The molecule has 2 aliphatic heterocycles. The maximum atomic E-state index is 12.3. The SMILES string of the molecule is CN1CCN(CC(=O)Nc2cccc3c2CCC(=O)N3)CC1. The number of piperazine rings is 1. The van der Waals surface area contributed by atoms with Crippen molar-refractivity contribution in [2.45, 2.75) is 12.8 Å². The van der Waals surface area contributed by atoms with Gasteiger partial charge in [0.05, 0.1) is 6.54 Å². The summed E-state index contributed by atoms with van der Waals surface area (Å²) in [7, 11) is 2.10. The summed E-state index contributed by atoms with van der Waals surface area (Å²) in [5.74, 6) is 0.0447. The molecule has 0 bridgehead atoms. The molecule has 0 radical (unpaired) electrons. The zero-order chi connectivity index (χ0) is 15.5. The van der Waals surface area contributed by atoms with Crippen LogP contribution in [0.4, 0.5) is 11.4 Å². The topological polar surface area (TPSA) is 64.7 Å². The first-order valence-electron chi connectivity index (χ1n) is 7.74. The molecule has 1 aromatic carbocycles. The van der Waals surface area contributed by atoms with Crippen molar-refractivity contribution < 1.29 is 9.59 Å². The van der Waals surface area contributed by atoms with E-state index in [2.05, 4.69) is 27.5 Å². The lowest BCUT2D eigenvalue weighted by atomic mass is 10.0. The molecule has 2 aliphatic rings. The molecule has 2 heterocycles. The smallest absolute Gasteiger partial charge is 0.238 e. The summed E-state index contributed by atoms with van der Waals surface area (Å²) in [5, 5.41) is 5.85. The minimum atomic E-state index is 0.00912. The number of hydrogen-bond donors (Lipinski definition) is 2. The number of hydrogen-bond acceptors (Lipinski definition) is 4. The van der Waals surface area contributed by atoms with Crippen molar-refractivity contribution in [1.29, 1.82) is 0 Å². The van der Waals surface area contributed by atoms with Crippen LogP contribution >= 0.6 is 0 Å². The molecule has 0 saturated carbocycles. The van der Waals surface area contributed by atoms with Gasteiger partial charge in [-0.1, -0.05) is 6.07 Å². The Morgan fingerprint density at radius 1 is 1.23 bits per heavy atom. The number of nitrogens with one attached hydrogen (secondary N) is 2. The Bertz CT molecular complexity index is 580. The molecular formula is C16H22N4O2. The average molecular weight is 302 g/mol. The Morgan fingerprint density at radius 2 is 2.00 bits per heavy atom. The summed E-state index contributed by atoms with van der Waals surface area (Å²) in [6.07, 6.45) is 1.14. The van der Waals surface area contributed by atoms with Crippen LogP contribution in [0.1, 0.15) is 12.0 Å². The van der Waals surface area contributed by atoms with Gasteiger partial charge in [-0.3, -0.25) is 14.5 Å². The molecule has 0 atom stereocenters. The van der Waals surface area contributed by atoms with Crippen molar-refractivity contribution in [3.63, 3.8) is 0 Å². The molecular weight excluding hydrogens is 280 g/mol. The van der Waals surface area contributed by atoms with Crippen LogP contribution in [0.15, 0.2) is 18.2 Å². The van der Waals surface area contributed by atoms with Crippen LogP contribution in [0.25, 0.3) is 0 Å². The van der Waals surface area contributed by atoms with Crippen LogP contribution in [-0.4, -0.2) is 61.4 Å². The van der Waals surface area contributed by atoms with Crippen LogP contribution in [0.3, 0.4) is 0 Å². The van der Waals surface area contributed by atoms with E-state index >= 15 is 0 Å². The Labute approximate surface area is 130 Å². The Kier molecular flexibility index (Phi) is 4.40. The van der Waals surface area contributed by atoms with E-state index in [1.54, 1.807) is 0 Å². The number of fused-ring (bicyclic) bond motifs is 1. The van der Waals surface area contributed by atoms with E-state index in [4.69, 9.17) is 0 Å². The van der Waals surface area contributed by atoms with E-state index in [9.17, 15) is 9.59 Å². The van der Waals surface area contributed by atoms with Gasteiger partial charge in [0, 0.05) is 44.0 Å². The second kappa shape index (κ2) is 6.46. The fourth-order valence-electron chi connectivity index (χ4n) is 2.94. The molecule has 0 aromatic heterocycles. The Hall–Kier alpha value is -1.92. The lowest BCUT2D eigenvalue weighted by molar-refractivity contribution is -0.118. The molecule has 2 N–H and O–H groups in total. The summed E-state index contributed by atoms with van der Waals surface area (Å²) < 4.78 is 0. The summed E-state index contributed by atoms with van der Waals surface area (Å²) in [6, 6.07) is 5.64. The molecule has 2 amide bonds. The number of benzene rings is 1. The number of carbonyl (C=O) groups excluding carboxylic acids is 2. The van der Waals surface area contributed by atoms with Crippen LogP contribution in [0.2, 0.25) is 0 Å². The number of likely N-dealkylation sites (N-methyl/N-ethyl adjacent to an activating group) is 1. The zero-order valence-electron chi connectivity index (χ0n) is 12.9. The number of amides is 2. The second-order valence-corrected chi connectivity index (χ2v) is 6.01. The van der Waals surface area contributed by atoms with Crippen molar-refractivity contribution in [2.24, 2.45) is 0 Å². The van der Waals surface area contributed by atoms with Gasteiger partial charge in [0.25, 0.3) is 0 Å². The maximum absolute atomic E-state index is 12.3. The van der Waals surface area contributed by atoms with E-state index in [1.807, 2.05) is 18.2 Å². The van der Waals surface area contributed by atoms with Crippen molar-refractivity contribution in [1.82, 2.24) is 9.80 Å². The number of nitrogens with zero attached hydrogens (tertiary/aromatic N) is 2. The molecule has 0 aliphatic carbocycles. The van der Waals surface area contributed by atoms with Gasteiger partial charge in [-0.2, -0.15) is 0 Å². The van der Waals surface area contributed by atoms with Gasteiger partial charge >= 0.3 is 0 Å². The van der Waals surface area contributed by atoms with Gasteiger partial charge in [0.15, 0.2) is 0 Å². The molecule has 1 fully saturated rings. The van der Waals surface area contributed by atoms with E-state index in [-0.39, 0.29) is 11.8 Å². The summed E-state index contributed by atoms with van der Waals surface area (Å²) in [6.45, 7) is 4.27. The highest BCUT2D eigenvalue weighted by molar-refractivity contribution is 5.98.